The minimum atomic E-state index is -0.463. The highest BCUT2D eigenvalue weighted by Crippen LogP contribution is 2.31. The fourth-order valence-corrected chi connectivity index (χ4v) is 2.51. The molecular formula is C16H26O2. The Morgan fingerprint density at radius 1 is 1.17 bits per heavy atom. The summed E-state index contributed by atoms with van der Waals surface area (Å²) in [5, 5.41) is 0. The van der Waals surface area contributed by atoms with E-state index in [9.17, 15) is 4.79 Å². The van der Waals surface area contributed by atoms with Gasteiger partial charge in [0.05, 0.1) is 0 Å². The lowest BCUT2D eigenvalue weighted by atomic mass is 9.85. The second kappa shape index (κ2) is 8.19. The second-order valence-electron chi connectivity index (χ2n) is 5.26. The van der Waals surface area contributed by atoms with E-state index >= 15 is 0 Å². The number of carbonyl (C=O) groups is 1. The van der Waals surface area contributed by atoms with Gasteiger partial charge in [-0.1, -0.05) is 44.4 Å². The Bertz CT molecular complexity index is 303. The lowest BCUT2D eigenvalue weighted by molar-refractivity contribution is -0.153. The highest BCUT2D eigenvalue weighted by molar-refractivity contribution is 5.67. The van der Waals surface area contributed by atoms with Crippen LogP contribution in [0.2, 0.25) is 0 Å². The van der Waals surface area contributed by atoms with Crippen molar-refractivity contribution in [2.24, 2.45) is 0 Å². The molecular weight excluding hydrogens is 224 g/mol. The number of rotatable bonds is 5. The summed E-state index contributed by atoms with van der Waals surface area (Å²) in [5.41, 5.74) is -0.463. The van der Waals surface area contributed by atoms with Crippen LogP contribution in [0.3, 0.4) is 0 Å². The Morgan fingerprint density at radius 2 is 1.89 bits per heavy atom. The number of esters is 1. The van der Waals surface area contributed by atoms with Crippen molar-refractivity contribution in [3.05, 3.63) is 0 Å². The van der Waals surface area contributed by atoms with Crippen LogP contribution < -0.4 is 0 Å². The number of unbranched alkanes of at least 4 members (excludes halogenated alkanes) is 4. The largest absolute Gasteiger partial charge is 0.446 e. The monoisotopic (exact) mass is 250 g/mol. The number of carbonyl (C=O) groups excluding carboxylic acids is 1. The van der Waals surface area contributed by atoms with E-state index in [0.29, 0.717) is 0 Å². The molecule has 0 spiro atoms. The summed E-state index contributed by atoms with van der Waals surface area (Å²) in [6, 6.07) is 0. The Balaban J connectivity index is 2.45. The minimum Gasteiger partial charge on any atom is -0.446 e. The van der Waals surface area contributed by atoms with Crippen LogP contribution in [0.1, 0.15) is 78.1 Å². The standard InChI is InChI=1S/C16H26O2/c1-3-4-5-6-7-9-12-16(18-15(2)17)13-10-8-11-14-16/h3-8,10-11,13-14H2,1-2H3. The lowest BCUT2D eigenvalue weighted by Gasteiger charge is -2.31. The molecule has 0 bridgehead atoms. The molecule has 0 unspecified atom stereocenters. The fraction of sp³-hybridized carbons (Fsp3) is 0.812. The van der Waals surface area contributed by atoms with Crippen LogP contribution >= 0.6 is 0 Å². The predicted octanol–water partition coefficient (Wildman–Crippen LogP) is 4.23. The van der Waals surface area contributed by atoms with Gasteiger partial charge in [-0.25, -0.2) is 0 Å². The number of hydrogen-bond donors (Lipinski definition) is 0. The van der Waals surface area contributed by atoms with Crippen LogP contribution in [0.15, 0.2) is 0 Å². The Kier molecular flexibility index (Phi) is 6.86. The normalized spacial score (nSPS) is 17.7. The molecule has 2 heteroatoms. The van der Waals surface area contributed by atoms with Gasteiger partial charge in [-0.15, -0.1) is 0 Å². The van der Waals surface area contributed by atoms with Crippen molar-refractivity contribution < 1.29 is 9.53 Å². The first-order valence-electron chi connectivity index (χ1n) is 7.38. The molecule has 0 heterocycles. The van der Waals surface area contributed by atoms with Crippen molar-refractivity contribution in [1.82, 2.24) is 0 Å². The van der Waals surface area contributed by atoms with Crippen molar-refractivity contribution >= 4 is 5.97 Å². The van der Waals surface area contributed by atoms with E-state index < -0.39 is 5.60 Å². The first kappa shape index (κ1) is 15.1. The molecule has 0 N–H and O–H groups in total. The summed E-state index contributed by atoms with van der Waals surface area (Å²) in [6.45, 7) is 3.70. The van der Waals surface area contributed by atoms with E-state index in [0.717, 1.165) is 38.5 Å². The smallest absolute Gasteiger partial charge is 0.304 e. The van der Waals surface area contributed by atoms with Crippen molar-refractivity contribution in [2.75, 3.05) is 0 Å². The molecule has 0 aromatic rings. The van der Waals surface area contributed by atoms with Crippen LogP contribution in [0.5, 0.6) is 0 Å². The zero-order chi connectivity index (χ0) is 13.3. The van der Waals surface area contributed by atoms with Gasteiger partial charge in [0.25, 0.3) is 0 Å². The predicted molar refractivity (Wildman–Crippen MR) is 74.1 cm³/mol. The van der Waals surface area contributed by atoms with Crippen molar-refractivity contribution in [3.63, 3.8) is 0 Å². The van der Waals surface area contributed by atoms with Crippen molar-refractivity contribution in [1.29, 1.82) is 0 Å². The molecule has 0 saturated heterocycles. The van der Waals surface area contributed by atoms with Crippen LogP contribution in [0.4, 0.5) is 0 Å². The maximum absolute atomic E-state index is 11.2. The molecule has 0 atom stereocenters. The summed E-state index contributed by atoms with van der Waals surface area (Å²) >= 11 is 0. The van der Waals surface area contributed by atoms with Crippen molar-refractivity contribution in [2.45, 2.75) is 83.7 Å². The Morgan fingerprint density at radius 3 is 2.50 bits per heavy atom. The summed E-state index contributed by atoms with van der Waals surface area (Å²) in [6.07, 6.45) is 11.2. The molecule has 18 heavy (non-hydrogen) atoms. The highest BCUT2D eigenvalue weighted by atomic mass is 16.6. The molecule has 2 nitrogen and oxygen atoms in total. The zero-order valence-electron chi connectivity index (χ0n) is 11.9. The SMILES string of the molecule is CCCCCCC#CC1(OC(C)=O)CCCCC1. The topological polar surface area (TPSA) is 26.3 Å². The first-order valence-corrected chi connectivity index (χ1v) is 7.38. The van der Waals surface area contributed by atoms with E-state index in [1.807, 2.05) is 0 Å². The quantitative estimate of drug-likeness (QED) is 0.415. The van der Waals surface area contributed by atoms with E-state index in [1.165, 1.54) is 32.6 Å². The summed E-state index contributed by atoms with van der Waals surface area (Å²) in [4.78, 5) is 11.2. The molecule has 0 radical (unpaired) electrons. The summed E-state index contributed by atoms with van der Waals surface area (Å²) in [7, 11) is 0. The van der Waals surface area contributed by atoms with Gasteiger partial charge in [0.1, 0.15) is 0 Å². The third-order valence-electron chi connectivity index (χ3n) is 3.47. The van der Waals surface area contributed by atoms with Gasteiger partial charge in [0.15, 0.2) is 5.60 Å². The Hall–Kier alpha value is -0.970. The van der Waals surface area contributed by atoms with Crippen LogP contribution in [-0.4, -0.2) is 11.6 Å². The number of hydrogen-bond acceptors (Lipinski definition) is 2. The lowest BCUT2D eigenvalue weighted by Crippen LogP contribution is -2.35. The van der Waals surface area contributed by atoms with Crippen molar-refractivity contribution in [3.8, 4) is 11.8 Å². The van der Waals surface area contributed by atoms with Gasteiger partial charge in [-0.2, -0.15) is 0 Å². The highest BCUT2D eigenvalue weighted by Gasteiger charge is 2.33. The van der Waals surface area contributed by atoms with Gasteiger partial charge in [-0.3, -0.25) is 4.79 Å². The van der Waals surface area contributed by atoms with Gasteiger partial charge < -0.3 is 4.74 Å². The zero-order valence-corrected chi connectivity index (χ0v) is 11.9. The maximum Gasteiger partial charge on any atom is 0.304 e. The third-order valence-corrected chi connectivity index (χ3v) is 3.47. The Labute approximate surface area is 111 Å². The van der Waals surface area contributed by atoms with E-state index in [2.05, 4.69) is 18.8 Å². The molecule has 1 aliphatic rings. The van der Waals surface area contributed by atoms with Gasteiger partial charge in [-0.05, 0) is 32.1 Å². The third kappa shape index (κ3) is 5.58. The van der Waals surface area contributed by atoms with E-state index in [1.54, 1.807) is 0 Å². The molecule has 0 aliphatic heterocycles. The average molecular weight is 250 g/mol. The van der Waals surface area contributed by atoms with Gasteiger partial charge in [0.2, 0.25) is 0 Å². The molecule has 1 fully saturated rings. The molecule has 0 aromatic heterocycles. The molecule has 1 saturated carbocycles. The number of ether oxygens (including phenoxy) is 1. The average Bonchev–Trinajstić information content (AvgIpc) is 2.34. The molecule has 102 valence electrons. The summed E-state index contributed by atoms with van der Waals surface area (Å²) < 4.78 is 5.49. The molecule has 0 amide bonds. The van der Waals surface area contributed by atoms with E-state index in [4.69, 9.17) is 4.74 Å². The van der Waals surface area contributed by atoms with Crippen LogP contribution in [0, 0.1) is 11.8 Å². The fourth-order valence-electron chi connectivity index (χ4n) is 2.51. The van der Waals surface area contributed by atoms with E-state index in [-0.39, 0.29) is 5.97 Å². The molecule has 1 rings (SSSR count). The maximum atomic E-state index is 11.2. The summed E-state index contributed by atoms with van der Waals surface area (Å²) in [5.74, 6) is 6.29. The minimum absolute atomic E-state index is 0.197. The van der Waals surface area contributed by atoms with Gasteiger partial charge >= 0.3 is 5.97 Å². The van der Waals surface area contributed by atoms with Crippen LogP contribution in [-0.2, 0) is 9.53 Å². The second-order valence-corrected chi connectivity index (χ2v) is 5.26. The molecule has 1 aliphatic carbocycles. The first-order chi connectivity index (χ1) is 8.68. The van der Waals surface area contributed by atoms with Crippen LogP contribution in [0.25, 0.3) is 0 Å². The molecule has 0 aromatic carbocycles. The van der Waals surface area contributed by atoms with Gasteiger partial charge in [0, 0.05) is 13.3 Å².